The first-order valence-electron chi connectivity index (χ1n) is 7.15. The van der Waals surface area contributed by atoms with Crippen molar-refractivity contribution in [3.8, 4) is 5.75 Å². The van der Waals surface area contributed by atoms with Crippen molar-refractivity contribution in [1.29, 1.82) is 0 Å². The zero-order valence-corrected chi connectivity index (χ0v) is 14.1. The van der Waals surface area contributed by atoms with Crippen molar-refractivity contribution in [1.82, 2.24) is 5.32 Å². The van der Waals surface area contributed by atoms with Gasteiger partial charge in [0, 0.05) is 39.3 Å². The summed E-state index contributed by atoms with van der Waals surface area (Å²) in [6.07, 6.45) is 0.797. The van der Waals surface area contributed by atoms with Gasteiger partial charge in [0.15, 0.2) is 0 Å². The van der Waals surface area contributed by atoms with Gasteiger partial charge in [-0.15, -0.1) is 0 Å². The van der Waals surface area contributed by atoms with Crippen LogP contribution in [0, 0.1) is 0 Å². The van der Waals surface area contributed by atoms with E-state index in [1.54, 1.807) is 14.2 Å². The molecule has 0 aromatic heterocycles. The van der Waals surface area contributed by atoms with E-state index in [2.05, 4.69) is 5.32 Å². The van der Waals surface area contributed by atoms with Gasteiger partial charge in [0.1, 0.15) is 5.75 Å². The predicted molar refractivity (Wildman–Crippen MR) is 86.2 cm³/mol. The topological polar surface area (TPSA) is 39.7 Å². The minimum Gasteiger partial charge on any atom is -0.492 e. The van der Waals surface area contributed by atoms with Crippen LogP contribution in [-0.4, -0.2) is 39.6 Å². The largest absolute Gasteiger partial charge is 0.492 e. The molecule has 4 nitrogen and oxygen atoms in total. The molecule has 1 N–H and O–H groups in total. The van der Waals surface area contributed by atoms with Gasteiger partial charge in [-0.2, -0.15) is 0 Å². The standard InChI is InChI=1S/C16H26ClNO3/c1-16(2,20-4)8-10-21-15-13(6-5-7-14(15)17)12-18-9-11-19-3/h5-7,18H,8-12H2,1-4H3. The van der Waals surface area contributed by atoms with Crippen LogP contribution in [0.5, 0.6) is 5.75 Å². The molecule has 0 heterocycles. The molecule has 0 radical (unpaired) electrons. The van der Waals surface area contributed by atoms with Crippen LogP contribution in [0.2, 0.25) is 5.02 Å². The van der Waals surface area contributed by atoms with Gasteiger partial charge in [-0.3, -0.25) is 0 Å². The molecule has 0 aliphatic heterocycles. The van der Waals surface area contributed by atoms with E-state index in [9.17, 15) is 0 Å². The minimum atomic E-state index is -0.196. The SMILES string of the molecule is COCCNCc1cccc(Cl)c1OCCC(C)(C)OC. The third-order valence-corrected chi connectivity index (χ3v) is 3.65. The highest BCUT2D eigenvalue weighted by atomic mass is 35.5. The monoisotopic (exact) mass is 315 g/mol. The maximum Gasteiger partial charge on any atom is 0.142 e. The maximum atomic E-state index is 6.24. The molecule has 0 unspecified atom stereocenters. The maximum absolute atomic E-state index is 6.24. The van der Waals surface area contributed by atoms with Crippen molar-refractivity contribution in [2.24, 2.45) is 0 Å². The molecule has 0 amide bonds. The number of benzene rings is 1. The van der Waals surface area contributed by atoms with Crippen LogP contribution in [0.3, 0.4) is 0 Å². The molecule has 1 aromatic carbocycles. The molecule has 1 aromatic rings. The highest BCUT2D eigenvalue weighted by Gasteiger charge is 2.17. The second-order valence-electron chi connectivity index (χ2n) is 5.46. The lowest BCUT2D eigenvalue weighted by atomic mass is 10.1. The molecule has 1 rings (SSSR count). The van der Waals surface area contributed by atoms with Crippen LogP contribution in [0.15, 0.2) is 18.2 Å². The third kappa shape index (κ3) is 6.66. The zero-order chi connectivity index (χ0) is 15.7. The van der Waals surface area contributed by atoms with Crippen LogP contribution >= 0.6 is 11.6 Å². The molecule has 21 heavy (non-hydrogen) atoms. The van der Waals surface area contributed by atoms with Crippen LogP contribution in [-0.2, 0) is 16.0 Å². The summed E-state index contributed by atoms with van der Waals surface area (Å²) >= 11 is 6.24. The molecular formula is C16H26ClNO3. The lowest BCUT2D eigenvalue weighted by Crippen LogP contribution is -2.25. The number of nitrogens with one attached hydrogen (secondary N) is 1. The highest BCUT2D eigenvalue weighted by molar-refractivity contribution is 6.32. The van der Waals surface area contributed by atoms with E-state index in [-0.39, 0.29) is 5.60 Å². The van der Waals surface area contributed by atoms with Crippen molar-refractivity contribution in [3.05, 3.63) is 28.8 Å². The first-order chi connectivity index (χ1) is 10.00. The summed E-state index contributed by atoms with van der Waals surface area (Å²) in [7, 11) is 3.40. The van der Waals surface area contributed by atoms with Gasteiger partial charge < -0.3 is 19.5 Å². The summed E-state index contributed by atoms with van der Waals surface area (Å²) in [6.45, 7) is 6.81. The molecule has 0 aliphatic carbocycles. The summed E-state index contributed by atoms with van der Waals surface area (Å²) in [5.41, 5.74) is 0.854. The fourth-order valence-electron chi connectivity index (χ4n) is 1.75. The average molecular weight is 316 g/mol. The van der Waals surface area contributed by atoms with E-state index < -0.39 is 0 Å². The molecule has 0 fully saturated rings. The van der Waals surface area contributed by atoms with Crippen LogP contribution in [0.4, 0.5) is 0 Å². The van der Waals surface area contributed by atoms with Gasteiger partial charge in [-0.25, -0.2) is 0 Å². The van der Waals surface area contributed by atoms with E-state index >= 15 is 0 Å². The molecule has 0 saturated heterocycles. The molecule has 120 valence electrons. The molecular weight excluding hydrogens is 290 g/mol. The second-order valence-corrected chi connectivity index (χ2v) is 5.87. The number of hydrogen-bond donors (Lipinski definition) is 1. The molecule has 0 saturated carbocycles. The summed E-state index contributed by atoms with van der Waals surface area (Å²) in [6, 6.07) is 5.79. The molecule has 0 bridgehead atoms. The van der Waals surface area contributed by atoms with Crippen molar-refractivity contribution >= 4 is 11.6 Å². The third-order valence-electron chi connectivity index (χ3n) is 3.35. The van der Waals surface area contributed by atoms with Crippen molar-refractivity contribution in [2.75, 3.05) is 34.0 Å². The Balaban J connectivity index is 2.58. The predicted octanol–water partition coefficient (Wildman–Crippen LogP) is 3.27. The summed E-state index contributed by atoms with van der Waals surface area (Å²) in [4.78, 5) is 0. The lowest BCUT2D eigenvalue weighted by molar-refractivity contribution is 0.00537. The number of halogens is 1. The Hall–Kier alpha value is -0.810. The molecule has 0 spiro atoms. The van der Waals surface area contributed by atoms with Gasteiger partial charge in [-0.1, -0.05) is 23.7 Å². The lowest BCUT2D eigenvalue weighted by Gasteiger charge is -2.23. The Morgan fingerprint density at radius 2 is 1.95 bits per heavy atom. The van der Waals surface area contributed by atoms with Crippen LogP contribution < -0.4 is 10.1 Å². The first kappa shape index (κ1) is 18.2. The van der Waals surface area contributed by atoms with E-state index in [1.165, 1.54) is 0 Å². The Bertz CT molecular complexity index is 424. The van der Waals surface area contributed by atoms with Crippen molar-refractivity contribution in [3.63, 3.8) is 0 Å². The van der Waals surface area contributed by atoms with Gasteiger partial charge >= 0.3 is 0 Å². The number of methoxy groups -OCH3 is 2. The smallest absolute Gasteiger partial charge is 0.142 e. The normalized spacial score (nSPS) is 11.7. The fourth-order valence-corrected chi connectivity index (χ4v) is 2.00. The van der Waals surface area contributed by atoms with Crippen molar-refractivity contribution < 1.29 is 14.2 Å². The molecule has 0 aliphatic rings. The molecule has 0 atom stereocenters. The quantitative estimate of drug-likeness (QED) is 0.673. The minimum absolute atomic E-state index is 0.196. The Morgan fingerprint density at radius 3 is 2.62 bits per heavy atom. The number of rotatable bonds is 10. The van der Waals surface area contributed by atoms with E-state index in [1.807, 2.05) is 32.0 Å². The van der Waals surface area contributed by atoms with Crippen molar-refractivity contribution in [2.45, 2.75) is 32.4 Å². The first-order valence-corrected chi connectivity index (χ1v) is 7.53. The van der Waals surface area contributed by atoms with Gasteiger partial charge in [0.2, 0.25) is 0 Å². The number of hydrogen-bond acceptors (Lipinski definition) is 4. The van der Waals surface area contributed by atoms with E-state index in [4.69, 9.17) is 25.8 Å². The van der Waals surface area contributed by atoms with Crippen LogP contribution in [0.25, 0.3) is 0 Å². The number of para-hydroxylation sites is 1. The van der Waals surface area contributed by atoms with E-state index in [0.29, 0.717) is 24.8 Å². The zero-order valence-electron chi connectivity index (χ0n) is 13.4. The average Bonchev–Trinajstić information content (AvgIpc) is 2.46. The van der Waals surface area contributed by atoms with Gasteiger partial charge in [0.25, 0.3) is 0 Å². The highest BCUT2D eigenvalue weighted by Crippen LogP contribution is 2.29. The Kier molecular flexibility index (Phi) is 8.04. The second kappa shape index (κ2) is 9.26. The van der Waals surface area contributed by atoms with Crippen LogP contribution in [0.1, 0.15) is 25.8 Å². The summed E-state index contributed by atoms with van der Waals surface area (Å²) < 4.78 is 16.3. The Labute approximate surface area is 132 Å². The summed E-state index contributed by atoms with van der Waals surface area (Å²) in [5, 5.41) is 3.94. The van der Waals surface area contributed by atoms with Gasteiger partial charge in [0.05, 0.1) is 23.8 Å². The summed E-state index contributed by atoms with van der Waals surface area (Å²) in [5.74, 6) is 0.746. The van der Waals surface area contributed by atoms with E-state index in [0.717, 1.165) is 24.3 Å². The van der Waals surface area contributed by atoms with Gasteiger partial charge in [-0.05, 0) is 19.9 Å². The Morgan fingerprint density at radius 1 is 1.19 bits per heavy atom. The fraction of sp³-hybridized carbons (Fsp3) is 0.625. The molecule has 5 heteroatoms. The number of ether oxygens (including phenoxy) is 3.